The highest BCUT2D eigenvalue weighted by Gasteiger charge is 2.14. The number of hydrogen-bond donors (Lipinski definition) is 1. The van der Waals surface area contributed by atoms with Crippen LogP contribution in [0.4, 0.5) is 11.4 Å². The van der Waals surface area contributed by atoms with Gasteiger partial charge >= 0.3 is 0 Å². The van der Waals surface area contributed by atoms with E-state index in [1.54, 1.807) is 24.4 Å². The topological polar surface area (TPSA) is 68.1 Å². The fraction of sp³-hybridized carbons (Fsp3) is 0.182. The molecule has 2 aromatic rings. The molecule has 5 heteroatoms. The zero-order valence-electron chi connectivity index (χ0n) is 8.80. The second-order valence-corrected chi connectivity index (χ2v) is 3.32. The molecule has 0 unspecified atom stereocenters. The first kappa shape index (κ1) is 10.4. The van der Waals surface area contributed by atoms with E-state index in [1.807, 2.05) is 6.92 Å². The van der Waals surface area contributed by atoms with Gasteiger partial charge in [-0.1, -0.05) is 0 Å². The molecular weight excluding hydrogens is 206 g/mol. The molecule has 82 valence electrons. The van der Waals surface area contributed by atoms with E-state index in [9.17, 15) is 10.1 Å². The van der Waals surface area contributed by atoms with Crippen LogP contribution in [-0.2, 0) is 0 Å². The van der Waals surface area contributed by atoms with Gasteiger partial charge in [-0.3, -0.25) is 15.1 Å². The molecule has 0 atom stereocenters. The summed E-state index contributed by atoms with van der Waals surface area (Å²) < 4.78 is 0. The Morgan fingerprint density at radius 3 is 2.94 bits per heavy atom. The van der Waals surface area contributed by atoms with Crippen LogP contribution < -0.4 is 5.32 Å². The number of fused-ring (bicyclic) bond motifs is 1. The third-order valence-electron chi connectivity index (χ3n) is 2.31. The summed E-state index contributed by atoms with van der Waals surface area (Å²) in [6, 6.07) is 6.60. The average Bonchev–Trinajstić information content (AvgIpc) is 2.29. The first-order valence-electron chi connectivity index (χ1n) is 5.00. The molecule has 5 nitrogen and oxygen atoms in total. The van der Waals surface area contributed by atoms with Crippen molar-refractivity contribution in [3.8, 4) is 0 Å². The maximum absolute atomic E-state index is 10.8. The third kappa shape index (κ3) is 1.67. The number of anilines is 1. The SMILES string of the molecule is CCNc1ccc([N+](=O)[O-])c2cccnc12. The number of aromatic nitrogens is 1. The van der Waals surface area contributed by atoms with Gasteiger partial charge in [0, 0.05) is 18.8 Å². The van der Waals surface area contributed by atoms with Crippen LogP contribution in [0.25, 0.3) is 10.9 Å². The van der Waals surface area contributed by atoms with E-state index in [0.717, 1.165) is 12.2 Å². The van der Waals surface area contributed by atoms with Crippen LogP contribution in [0.1, 0.15) is 6.92 Å². The van der Waals surface area contributed by atoms with Crippen molar-refractivity contribution in [2.75, 3.05) is 11.9 Å². The predicted molar refractivity (Wildman–Crippen MR) is 62.6 cm³/mol. The van der Waals surface area contributed by atoms with Gasteiger partial charge in [-0.2, -0.15) is 0 Å². The van der Waals surface area contributed by atoms with Gasteiger partial charge in [0.25, 0.3) is 5.69 Å². The molecule has 0 aliphatic carbocycles. The summed E-state index contributed by atoms with van der Waals surface area (Å²) in [7, 11) is 0. The van der Waals surface area contributed by atoms with Crippen molar-refractivity contribution in [3.05, 3.63) is 40.6 Å². The number of benzene rings is 1. The molecule has 1 heterocycles. The molecule has 0 aliphatic heterocycles. The van der Waals surface area contributed by atoms with Gasteiger partial charge in [-0.05, 0) is 25.1 Å². The minimum atomic E-state index is -0.389. The number of hydrogen-bond acceptors (Lipinski definition) is 4. The van der Waals surface area contributed by atoms with Crippen molar-refractivity contribution in [1.82, 2.24) is 4.98 Å². The van der Waals surface area contributed by atoms with Crippen molar-refractivity contribution in [3.63, 3.8) is 0 Å². The number of nitro benzene ring substituents is 1. The molecule has 0 aliphatic rings. The van der Waals surface area contributed by atoms with Crippen LogP contribution in [0, 0.1) is 10.1 Å². The van der Waals surface area contributed by atoms with E-state index in [4.69, 9.17) is 0 Å². The number of non-ortho nitro benzene ring substituents is 1. The number of nitrogens with zero attached hydrogens (tertiary/aromatic N) is 2. The van der Waals surface area contributed by atoms with Crippen LogP contribution >= 0.6 is 0 Å². The molecule has 0 radical (unpaired) electrons. The summed E-state index contributed by atoms with van der Waals surface area (Å²) in [5, 5.41) is 14.5. The Hall–Kier alpha value is -2.17. The quantitative estimate of drug-likeness (QED) is 0.633. The number of nitrogens with one attached hydrogen (secondary N) is 1. The van der Waals surface area contributed by atoms with Crippen LogP contribution in [0.15, 0.2) is 30.5 Å². The highest BCUT2D eigenvalue weighted by molar-refractivity contribution is 5.96. The monoisotopic (exact) mass is 217 g/mol. The van der Waals surface area contributed by atoms with Crippen LogP contribution in [0.2, 0.25) is 0 Å². The Bertz CT molecular complexity index is 540. The Labute approximate surface area is 92.3 Å². The first-order chi connectivity index (χ1) is 7.74. The molecule has 0 saturated carbocycles. The minimum absolute atomic E-state index is 0.0877. The Balaban J connectivity index is 2.71. The molecule has 2 rings (SSSR count). The van der Waals surface area contributed by atoms with Crippen molar-refractivity contribution in [2.45, 2.75) is 6.92 Å². The molecule has 0 bridgehead atoms. The molecular formula is C11H11N3O2. The van der Waals surface area contributed by atoms with Crippen LogP contribution in [-0.4, -0.2) is 16.5 Å². The molecule has 0 fully saturated rings. The van der Waals surface area contributed by atoms with Gasteiger partial charge in [-0.15, -0.1) is 0 Å². The first-order valence-corrected chi connectivity index (χ1v) is 5.00. The lowest BCUT2D eigenvalue weighted by atomic mass is 10.1. The van der Waals surface area contributed by atoms with E-state index in [-0.39, 0.29) is 10.6 Å². The lowest BCUT2D eigenvalue weighted by Gasteiger charge is -2.06. The smallest absolute Gasteiger partial charge is 0.278 e. The summed E-state index contributed by atoms with van der Waals surface area (Å²) >= 11 is 0. The standard InChI is InChI=1S/C11H11N3O2/c1-2-12-9-5-6-10(14(15)16)8-4-3-7-13-11(8)9/h3-7,12H,2H2,1H3. The summed E-state index contributed by atoms with van der Waals surface area (Å²) in [6.45, 7) is 2.72. The predicted octanol–water partition coefficient (Wildman–Crippen LogP) is 2.57. The summed E-state index contributed by atoms with van der Waals surface area (Å²) in [5.74, 6) is 0. The van der Waals surface area contributed by atoms with Crippen molar-refractivity contribution in [2.24, 2.45) is 0 Å². The van der Waals surface area contributed by atoms with Crippen molar-refractivity contribution >= 4 is 22.3 Å². The lowest BCUT2D eigenvalue weighted by Crippen LogP contribution is -1.99. The molecule has 0 saturated heterocycles. The Kier molecular flexibility index (Phi) is 2.68. The van der Waals surface area contributed by atoms with Gasteiger partial charge in [0.2, 0.25) is 0 Å². The van der Waals surface area contributed by atoms with Gasteiger partial charge in [0.05, 0.1) is 16.0 Å². The second kappa shape index (κ2) is 4.14. The molecule has 0 amide bonds. The largest absolute Gasteiger partial charge is 0.384 e. The van der Waals surface area contributed by atoms with E-state index in [0.29, 0.717) is 10.9 Å². The fourth-order valence-electron chi connectivity index (χ4n) is 1.65. The molecule has 1 aromatic carbocycles. The van der Waals surface area contributed by atoms with Gasteiger partial charge < -0.3 is 5.32 Å². The average molecular weight is 217 g/mol. The normalized spacial score (nSPS) is 10.3. The zero-order chi connectivity index (χ0) is 11.5. The van der Waals surface area contributed by atoms with Gasteiger partial charge in [0.15, 0.2) is 0 Å². The maximum atomic E-state index is 10.8. The second-order valence-electron chi connectivity index (χ2n) is 3.32. The number of pyridine rings is 1. The van der Waals surface area contributed by atoms with E-state index in [2.05, 4.69) is 10.3 Å². The molecule has 0 spiro atoms. The summed E-state index contributed by atoms with van der Waals surface area (Å²) in [4.78, 5) is 14.6. The maximum Gasteiger partial charge on any atom is 0.278 e. The van der Waals surface area contributed by atoms with Crippen molar-refractivity contribution in [1.29, 1.82) is 0 Å². The highest BCUT2D eigenvalue weighted by atomic mass is 16.6. The minimum Gasteiger partial charge on any atom is -0.384 e. The lowest BCUT2D eigenvalue weighted by molar-refractivity contribution is -0.383. The summed E-state index contributed by atoms with van der Waals surface area (Å²) in [5.41, 5.74) is 1.55. The summed E-state index contributed by atoms with van der Waals surface area (Å²) in [6.07, 6.45) is 1.63. The van der Waals surface area contributed by atoms with E-state index in [1.165, 1.54) is 6.07 Å². The van der Waals surface area contributed by atoms with Crippen LogP contribution in [0.3, 0.4) is 0 Å². The van der Waals surface area contributed by atoms with Crippen LogP contribution in [0.5, 0.6) is 0 Å². The fourth-order valence-corrected chi connectivity index (χ4v) is 1.65. The van der Waals surface area contributed by atoms with Crippen molar-refractivity contribution < 1.29 is 4.92 Å². The van der Waals surface area contributed by atoms with Gasteiger partial charge in [-0.25, -0.2) is 0 Å². The zero-order valence-corrected chi connectivity index (χ0v) is 8.80. The van der Waals surface area contributed by atoms with E-state index >= 15 is 0 Å². The molecule has 16 heavy (non-hydrogen) atoms. The third-order valence-corrected chi connectivity index (χ3v) is 2.31. The Morgan fingerprint density at radius 2 is 2.25 bits per heavy atom. The highest BCUT2D eigenvalue weighted by Crippen LogP contribution is 2.29. The number of rotatable bonds is 3. The Morgan fingerprint density at radius 1 is 1.44 bits per heavy atom. The van der Waals surface area contributed by atoms with Gasteiger partial charge in [0.1, 0.15) is 5.52 Å². The number of nitro groups is 1. The van der Waals surface area contributed by atoms with E-state index < -0.39 is 0 Å². The molecule has 1 aromatic heterocycles. The molecule has 1 N–H and O–H groups in total.